The van der Waals surface area contributed by atoms with Crippen molar-refractivity contribution in [3.63, 3.8) is 0 Å². The third-order valence-corrected chi connectivity index (χ3v) is 3.58. The van der Waals surface area contributed by atoms with Crippen LogP contribution in [0.4, 0.5) is 24.5 Å². The van der Waals surface area contributed by atoms with Crippen LogP contribution in [0.1, 0.15) is 15.9 Å². The second-order valence-electron chi connectivity index (χ2n) is 4.57. The Morgan fingerprint density at radius 1 is 1.08 bits per heavy atom. The Labute approximate surface area is 143 Å². The van der Waals surface area contributed by atoms with E-state index in [1.54, 1.807) is 0 Å². The number of nitro benzene ring substituents is 1. The molecule has 0 heterocycles. The van der Waals surface area contributed by atoms with Crippen LogP contribution in [-0.2, 0) is 6.18 Å². The van der Waals surface area contributed by atoms with Crippen molar-refractivity contribution in [1.29, 1.82) is 0 Å². The SMILES string of the molecule is O=C(Nc1ccc(Cl)c(C(F)(F)F)c1)c1ccc([N+](=O)[O-])cc1Cl. The minimum atomic E-state index is -4.68. The summed E-state index contributed by atoms with van der Waals surface area (Å²) < 4.78 is 38.4. The lowest BCUT2D eigenvalue weighted by Crippen LogP contribution is -2.14. The number of halogens is 5. The summed E-state index contributed by atoms with van der Waals surface area (Å²) in [4.78, 5) is 22.0. The fourth-order valence-electron chi connectivity index (χ4n) is 1.82. The molecule has 0 radical (unpaired) electrons. The number of anilines is 1. The monoisotopic (exact) mass is 378 g/mol. The average Bonchev–Trinajstić information content (AvgIpc) is 2.47. The zero-order valence-corrected chi connectivity index (χ0v) is 13.0. The standard InChI is InChI=1S/C14H7Cl2F3N2O3/c15-11-4-1-7(5-10(11)14(17,18)19)20-13(22)9-3-2-8(21(23)24)6-12(9)16/h1-6H,(H,20,22). The molecule has 24 heavy (non-hydrogen) atoms. The summed E-state index contributed by atoms with van der Waals surface area (Å²) in [5.41, 5.74) is -1.68. The number of nitro groups is 1. The van der Waals surface area contributed by atoms with Crippen molar-refractivity contribution >= 4 is 40.5 Å². The molecule has 0 unspecified atom stereocenters. The smallest absolute Gasteiger partial charge is 0.322 e. The van der Waals surface area contributed by atoms with Gasteiger partial charge in [0, 0.05) is 17.8 Å². The fraction of sp³-hybridized carbons (Fsp3) is 0.0714. The average molecular weight is 379 g/mol. The topological polar surface area (TPSA) is 72.2 Å². The highest BCUT2D eigenvalue weighted by Crippen LogP contribution is 2.36. The van der Waals surface area contributed by atoms with Crippen LogP contribution < -0.4 is 5.32 Å². The highest BCUT2D eigenvalue weighted by Gasteiger charge is 2.33. The number of alkyl halides is 3. The van der Waals surface area contributed by atoms with Gasteiger partial charge in [-0.3, -0.25) is 14.9 Å². The first kappa shape index (κ1) is 18.0. The maximum atomic E-state index is 12.8. The quantitative estimate of drug-likeness (QED) is 0.591. The first-order chi connectivity index (χ1) is 11.1. The Hall–Kier alpha value is -2.32. The maximum absolute atomic E-state index is 12.8. The molecule has 0 aliphatic heterocycles. The summed E-state index contributed by atoms with van der Waals surface area (Å²) in [5.74, 6) is -0.814. The summed E-state index contributed by atoms with van der Waals surface area (Å²) in [6, 6.07) is 6.01. The van der Waals surface area contributed by atoms with E-state index in [1.807, 2.05) is 0 Å². The van der Waals surface area contributed by atoms with Crippen LogP contribution in [-0.4, -0.2) is 10.8 Å². The number of hydrogen-bond donors (Lipinski definition) is 1. The van der Waals surface area contributed by atoms with E-state index < -0.39 is 27.6 Å². The molecule has 1 N–H and O–H groups in total. The Kier molecular flexibility index (Phi) is 5.00. The van der Waals surface area contributed by atoms with E-state index in [-0.39, 0.29) is 22.0 Å². The van der Waals surface area contributed by atoms with Crippen molar-refractivity contribution in [2.45, 2.75) is 6.18 Å². The summed E-state index contributed by atoms with van der Waals surface area (Å²) in [5, 5.41) is 12.1. The molecule has 0 aliphatic carbocycles. The Bertz CT molecular complexity index is 825. The zero-order chi connectivity index (χ0) is 18.1. The van der Waals surface area contributed by atoms with Gasteiger partial charge in [-0.1, -0.05) is 23.2 Å². The Morgan fingerprint density at radius 3 is 2.29 bits per heavy atom. The van der Waals surface area contributed by atoms with Crippen LogP contribution in [0.15, 0.2) is 36.4 Å². The molecule has 2 aromatic carbocycles. The number of carbonyl (C=O) groups excluding carboxylic acids is 1. The summed E-state index contributed by atoms with van der Waals surface area (Å²) in [7, 11) is 0. The number of benzene rings is 2. The molecule has 0 bridgehead atoms. The van der Waals surface area contributed by atoms with E-state index in [9.17, 15) is 28.1 Å². The molecule has 126 valence electrons. The van der Waals surface area contributed by atoms with Crippen molar-refractivity contribution in [2.75, 3.05) is 5.32 Å². The number of amides is 1. The van der Waals surface area contributed by atoms with Crippen molar-refractivity contribution in [1.82, 2.24) is 0 Å². The van der Waals surface area contributed by atoms with Gasteiger partial charge < -0.3 is 5.32 Å². The van der Waals surface area contributed by atoms with Crippen LogP contribution >= 0.6 is 23.2 Å². The highest BCUT2D eigenvalue weighted by molar-refractivity contribution is 6.34. The normalized spacial score (nSPS) is 11.2. The number of nitrogens with one attached hydrogen (secondary N) is 1. The number of nitrogens with zero attached hydrogens (tertiary/aromatic N) is 1. The molecule has 0 fully saturated rings. The van der Waals surface area contributed by atoms with E-state index in [0.717, 1.165) is 24.3 Å². The van der Waals surface area contributed by atoms with E-state index in [1.165, 1.54) is 6.07 Å². The van der Waals surface area contributed by atoms with Gasteiger partial charge in [-0.25, -0.2) is 0 Å². The van der Waals surface area contributed by atoms with Gasteiger partial charge in [0.15, 0.2) is 0 Å². The predicted octanol–water partition coefficient (Wildman–Crippen LogP) is 5.17. The number of carbonyl (C=O) groups is 1. The molecule has 2 aromatic rings. The summed E-state index contributed by atoms with van der Waals surface area (Å²) in [6.45, 7) is 0. The number of rotatable bonds is 3. The first-order valence-electron chi connectivity index (χ1n) is 6.21. The van der Waals surface area contributed by atoms with Gasteiger partial charge in [0.05, 0.1) is 26.1 Å². The van der Waals surface area contributed by atoms with Crippen molar-refractivity contribution in [2.24, 2.45) is 0 Å². The van der Waals surface area contributed by atoms with Gasteiger partial charge in [0.2, 0.25) is 0 Å². The lowest BCUT2D eigenvalue weighted by Gasteiger charge is -2.12. The molecule has 0 saturated heterocycles. The van der Waals surface area contributed by atoms with E-state index >= 15 is 0 Å². The lowest BCUT2D eigenvalue weighted by molar-refractivity contribution is -0.384. The Balaban J connectivity index is 2.29. The summed E-state index contributed by atoms with van der Waals surface area (Å²) in [6.07, 6.45) is -4.68. The second-order valence-corrected chi connectivity index (χ2v) is 5.38. The molecule has 0 aromatic heterocycles. The van der Waals surface area contributed by atoms with Crippen LogP contribution in [0.2, 0.25) is 10.0 Å². The van der Waals surface area contributed by atoms with Gasteiger partial charge in [-0.2, -0.15) is 13.2 Å². The maximum Gasteiger partial charge on any atom is 0.417 e. The minimum Gasteiger partial charge on any atom is -0.322 e. The molecule has 10 heteroatoms. The van der Waals surface area contributed by atoms with Gasteiger partial charge in [-0.15, -0.1) is 0 Å². The minimum absolute atomic E-state index is 0.120. The molecule has 0 atom stereocenters. The molecule has 0 aliphatic rings. The number of non-ortho nitro benzene ring substituents is 1. The van der Waals surface area contributed by atoms with E-state index in [0.29, 0.717) is 6.07 Å². The third-order valence-electron chi connectivity index (χ3n) is 2.94. The van der Waals surface area contributed by atoms with E-state index in [2.05, 4.69) is 5.32 Å². The molecular weight excluding hydrogens is 372 g/mol. The van der Waals surface area contributed by atoms with Crippen LogP contribution in [0.25, 0.3) is 0 Å². The largest absolute Gasteiger partial charge is 0.417 e. The fourth-order valence-corrected chi connectivity index (χ4v) is 2.31. The third kappa shape index (κ3) is 3.95. The molecule has 1 amide bonds. The van der Waals surface area contributed by atoms with Crippen molar-refractivity contribution in [3.05, 3.63) is 67.7 Å². The summed E-state index contributed by atoms with van der Waals surface area (Å²) >= 11 is 11.3. The van der Waals surface area contributed by atoms with Gasteiger partial charge >= 0.3 is 6.18 Å². The first-order valence-corrected chi connectivity index (χ1v) is 6.97. The zero-order valence-electron chi connectivity index (χ0n) is 11.5. The molecular formula is C14H7Cl2F3N2O3. The van der Waals surface area contributed by atoms with Gasteiger partial charge in [0.25, 0.3) is 11.6 Å². The van der Waals surface area contributed by atoms with E-state index in [4.69, 9.17) is 23.2 Å². The number of hydrogen-bond acceptors (Lipinski definition) is 3. The van der Waals surface area contributed by atoms with Crippen LogP contribution in [0, 0.1) is 10.1 Å². The van der Waals surface area contributed by atoms with Gasteiger partial charge in [0.1, 0.15) is 0 Å². The lowest BCUT2D eigenvalue weighted by atomic mass is 10.1. The molecule has 0 spiro atoms. The predicted molar refractivity (Wildman–Crippen MR) is 82.5 cm³/mol. The second kappa shape index (κ2) is 6.66. The van der Waals surface area contributed by atoms with Crippen molar-refractivity contribution in [3.8, 4) is 0 Å². The van der Waals surface area contributed by atoms with Crippen LogP contribution in [0.3, 0.4) is 0 Å². The molecule has 2 rings (SSSR count). The van der Waals surface area contributed by atoms with Crippen LogP contribution in [0.5, 0.6) is 0 Å². The highest BCUT2D eigenvalue weighted by atomic mass is 35.5. The Morgan fingerprint density at radius 2 is 1.75 bits per heavy atom. The molecule has 0 saturated carbocycles. The van der Waals surface area contributed by atoms with Gasteiger partial charge in [-0.05, 0) is 24.3 Å². The van der Waals surface area contributed by atoms with Crippen molar-refractivity contribution < 1.29 is 22.9 Å². The molecule has 5 nitrogen and oxygen atoms in total.